The topological polar surface area (TPSA) is 68.8 Å². The van der Waals surface area contributed by atoms with Gasteiger partial charge in [-0.05, 0) is 30.9 Å². The van der Waals surface area contributed by atoms with Gasteiger partial charge in [-0.15, -0.1) is 0 Å². The van der Waals surface area contributed by atoms with Gasteiger partial charge >= 0.3 is 0 Å². The summed E-state index contributed by atoms with van der Waals surface area (Å²) in [5.41, 5.74) is 0.873. The lowest BCUT2D eigenvalue weighted by Crippen LogP contribution is -2.39. The van der Waals surface area contributed by atoms with E-state index in [1.54, 1.807) is 4.68 Å². The normalized spacial score (nSPS) is 22.6. The molecule has 1 atom stereocenters. The maximum absolute atomic E-state index is 5.43. The highest BCUT2D eigenvalue weighted by atomic mass is 16.5. The fourth-order valence-electron chi connectivity index (χ4n) is 2.62. The molecule has 1 unspecified atom stereocenters. The molecular formula is C13H19N5O. The third-order valence-corrected chi connectivity index (χ3v) is 3.76. The lowest BCUT2D eigenvalue weighted by Gasteiger charge is -2.36. The standard InChI is InChI=1S/C13H19N5O/c1-13(2)6-4-7-14-10(13)12-15-11(17-19-12)9-5-8-18(3)16-9/h5,8,10,14H,4,6-7H2,1-3H3. The molecule has 0 spiro atoms. The van der Waals surface area contributed by atoms with E-state index in [2.05, 4.69) is 34.4 Å². The molecule has 6 heteroatoms. The lowest BCUT2D eigenvalue weighted by atomic mass is 9.77. The zero-order valence-corrected chi connectivity index (χ0v) is 11.6. The van der Waals surface area contributed by atoms with E-state index in [0.717, 1.165) is 18.7 Å². The zero-order chi connectivity index (χ0) is 13.5. The van der Waals surface area contributed by atoms with Crippen molar-refractivity contribution in [1.82, 2.24) is 25.2 Å². The molecule has 102 valence electrons. The van der Waals surface area contributed by atoms with E-state index in [9.17, 15) is 0 Å². The fraction of sp³-hybridized carbons (Fsp3) is 0.615. The number of aryl methyl sites for hydroxylation is 1. The quantitative estimate of drug-likeness (QED) is 0.894. The Bertz CT molecular complexity index is 571. The molecule has 0 aliphatic carbocycles. The minimum Gasteiger partial charge on any atom is -0.337 e. The number of piperidine rings is 1. The number of nitrogens with one attached hydrogen (secondary N) is 1. The van der Waals surface area contributed by atoms with E-state index in [4.69, 9.17) is 4.52 Å². The van der Waals surface area contributed by atoms with Crippen LogP contribution in [0.15, 0.2) is 16.8 Å². The summed E-state index contributed by atoms with van der Waals surface area (Å²) >= 11 is 0. The van der Waals surface area contributed by atoms with Crippen LogP contribution in [0.25, 0.3) is 11.5 Å². The highest BCUT2D eigenvalue weighted by Crippen LogP contribution is 2.39. The molecule has 2 aromatic rings. The van der Waals surface area contributed by atoms with Gasteiger partial charge in [0.1, 0.15) is 5.69 Å². The molecule has 3 heterocycles. The van der Waals surface area contributed by atoms with Crippen LogP contribution in [0.3, 0.4) is 0 Å². The van der Waals surface area contributed by atoms with Crippen molar-refractivity contribution in [2.45, 2.75) is 32.7 Å². The molecule has 0 aromatic carbocycles. The van der Waals surface area contributed by atoms with Crippen LogP contribution in [0.2, 0.25) is 0 Å². The van der Waals surface area contributed by atoms with Crippen LogP contribution in [0.5, 0.6) is 0 Å². The number of aromatic nitrogens is 4. The van der Waals surface area contributed by atoms with Crippen LogP contribution >= 0.6 is 0 Å². The van der Waals surface area contributed by atoms with Gasteiger partial charge in [0.05, 0.1) is 6.04 Å². The Balaban J connectivity index is 1.88. The van der Waals surface area contributed by atoms with Gasteiger partial charge in [-0.3, -0.25) is 4.68 Å². The van der Waals surface area contributed by atoms with Crippen LogP contribution in [-0.2, 0) is 7.05 Å². The van der Waals surface area contributed by atoms with Crippen molar-refractivity contribution in [2.24, 2.45) is 12.5 Å². The summed E-state index contributed by atoms with van der Waals surface area (Å²) in [4.78, 5) is 4.50. The van der Waals surface area contributed by atoms with Gasteiger partial charge in [0, 0.05) is 13.2 Å². The summed E-state index contributed by atoms with van der Waals surface area (Å²) in [6.07, 6.45) is 4.21. The summed E-state index contributed by atoms with van der Waals surface area (Å²) in [7, 11) is 1.87. The monoisotopic (exact) mass is 261 g/mol. The van der Waals surface area contributed by atoms with Crippen molar-refractivity contribution in [3.05, 3.63) is 18.2 Å². The third-order valence-electron chi connectivity index (χ3n) is 3.76. The van der Waals surface area contributed by atoms with Crippen molar-refractivity contribution in [2.75, 3.05) is 6.54 Å². The summed E-state index contributed by atoms with van der Waals surface area (Å²) in [6.45, 7) is 5.46. The first kappa shape index (κ1) is 12.3. The molecule has 0 bridgehead atoms. The molecule has 1 N–H and O–H groups in total. The second-order valence-corrected chi connectivity index (χ2v) is 5.81. The van der Waals surface area contributed by atoms with Gasteiger partial charge in [-0.1, -0.05) is 19.0 Å². The van der Waals surface area contributed by atoms with Gasteiger partial charge in [-0.25, -0.2) is 0 Å². The van der Waals surface area contributed by atoms with Crippen LogP contribution in [0, 0.1) is 5.41 Å². The van der Waals surface area contributed by atoms with Crippen LogP contribution in [-0.4, -0.2) is 26.5 Å². The summed E-state index contributed by atoms with van der Waals surface area (Å²) in [6, 6.07) is 2.00. The molecule has 1 fully saturated rings. The molecule has 2 aromatic heterocycles. The molecule has 6 nitrogen and oxygen atoms in total. The molecule has 1 aliphatic rings. The van der Waals surface area contributed by atoms with E-state index in [1.165, 1.54) is 6.42 Å². The predicted molar refractivity (Wildman–Crippen MR) is 70.3 cm³/mol. The van der Waals surface area contributed by atoms with Crippen molar-refractivity contribution in [3.8, 4) is 11.5 Å². The van der Waals surface area contributed by atoms with Gasteiger partial charge in [0.25, 0.3) is 0 Å². The molecule has 0 radical (unpaired) electrons. The number of hydrogen-bond acceptors (Lipinski definition) is 5. The molecule has 3 rings (SSSR count). The van der Waals surface area contributed by atoms with E-state index in [-0.39, 0.29) is 11.5 Å². The second kappa shape index (κ2) is 4.45. The Morgan fingerprint density at radius 1 is 1.47 bits per heavy atom. The van der Waals surface area contributed by atoms with Gasteiger partial charge < -0.3 is 9.84 Å². The van der Waals surface area contributed by atoms with Gasteiger partial charge in [0.2, 0.25) is 11.7 Å². The minimum atomic E-state index is 0.117. The first-order valence-electron chi connectivity index (χ1n) is 6.63. The van der Waals surface area contributed by atoms with Crippen molar-refractivity contribution < 1.29 is 4.52 Å². The average Bonchev–Trinajstić information content (AvgIpc) is 2.97. The molecule has 1 saturated heterocycles. The van der Waals surface area contributed by atoms with Gasteiger partial charge in [-0.2, -0.15) is 10.1 Å². The zero-order valence-electron chi connectivity index (χ0n) is 11.6. The van der Waals surface area contributed by atoms with Crippen LogP contribution in [0.1, 0.15) is 38.6 Å². The van der Waals surface area contributed by atoms with E-state index in [0.29, 0.717) is 11.7 Å². The maximum Gasteiger partial charge on any atom is 0.244 e. The molecule has 0 saturated carbocycles. The molecule has 19 heavy (non-hydrogen) atoms. The minimum absolute atomic E-state index is 0.117. The summed E-state index contributed by atoms with van der Waals surface area (Å²) in [5, 5.41) is 11.8. The highest BCUT2D eigenvalue weighted by molar-refractivity contribution is 5.46. The van der Waals surface area contributed by atoms with Crippen molar-refractivity contribution in [1.29, 1.82) is 0 Å². The largest absolute Gasteiger partial charge is 0.337 e. The van der Waals surface area contributed by atoms with Gasteiger partial charge in [0.15, 0.2) is 0 Å². The second-order valence-electron chi connectivity index (χ2n) is 5.81. The Morgan fingerprint density at radius 2 is 2.32 bits per heavy atom. The van der Waals surface area contributed by atoms with Crippen molar-refractivity contribution >= 4 is 0 Å². The Morgan fingerprint density at radius 3 is 3.00 bits per heavy atom. The average molecular weight is 261 g/mol. The number of nitrogens with zero attached hydrogens (tertiary/aromatic N) is 4. The Hall–Kier alpha value is -1.69. The Labute approximate surface area is 112 Å². The molecule has 1 aliphatic heterocycles. The Kier molecular flexibility index (Phi) is 2.89. The van der Waals surface area contributed by atoms with Crippen molar-refractivity contribution in [3.63, 3.8) is 0 Å². The molecular weight excluding hydrogens is 242 g/mol. The SMILES string of the molecule is Cn1ccc(-c2noc(C3NCCCC3(C)C)n2)n1. The number of rotatable bonds is 2. The fourth-order valence-corrected chi connectivity index (χ4v) is 2.62. The first-order valence-corrected chi connectivity index (χ1v) is 6.63. The highest BCUT2D eigenvalue weighted by Gasteiger charge is 2.37. The van der Waals surface area contributed by atoms with E-state index < -0.39 is 0 Å². The van der Waals surface area contributed by atoms with Crippen LogP contribution in [0.4, 0.5) is 0 Å². The van der Waals surface area contributed by atoms with E-state index >= 15 is 0 Å². The summed E-state index contributed by atoms with van der Waals surface area (Å²) < 4.78 is 7.16. The predicted octanol–water partition coefficient (Wildman–Crippen LogP) is 1.92. The first-order chi connectivity index (χ1) is 9.06. The number of hydrogen-bond donors (Lipinski definition) is 1. The molecule has 0 amide bonds. The third kappa shape index (κ3) is 2.28. The van der Waals surface area contributed by atoms with E-state index in [1.807, 2.05) is 19.3 Å². The lowest BCUT2D eigenvalue weighted by molar-refractivity contribution is 0.146. The maximum atomic E-state index is 5.43. The smallest absolute Gasteiger partial charge is 0.244 e. The van der Waals surface area contributed by atoms with Crippen LogP contribution < -0.4 is 5.32 Å². The summed E-state index contributed by atoms with van der Waals surface area (Å²) in [5.74, 6) is 1.21.